The molecule has 2 rings (SSSR count). The summed E-state index contributed by atoms with van der Waals surface area (Å²) in [6.07, 6.45) is 2.64. The van der Waals surface area contributed by atoms with Crippen LogP contribution in [0.1, 0.15) is 12.0 Å². The zero-order chi connectivity index (χ0) is 11.4. The summed E-state index contributed by atoms with van der Waals surface area (Å²) in [5.41, 5.74) is 0.423. The minimum atomic E-state index is -1.16. The van der Waals surface area contributed by atoms with Crippen molar-refractivity contribution in [2.45, 2.75) is 11.4 Å². The summed E-state index contributed by atoms with van der Waals surface area (Å²) < 4.78 is 12.1. The first-order chi connectivity index (χ1) is 7.81. The van der Waals surface area contributed by atoms with E-state index in [4.69, 9.17) is 5.26 Å². The summed E-state index contributed by atoms with van der Waals surface area (Å²) in [6, 6.07) is 5.38. The maximum Gasteiger partial charge on any atom is 0.144 e. The number of hydrogen-bond acceptors (Lipinski definition) is 4. The van der Waals surface area contributed by atoms with E-state index >= 15 is 0 Å². The molecular weight excluding hydrogens is 222 g/mol. The van der Waals surface area contributed by atoms with Crippen LogP contribution in [0.3, 0.4) is 0 Å². The van der Waals surface area contributed by atoms with Gasteiger partial charge in [-0.15, -0.1) is 0 Å². The molecule has 0 spiro atoms. The van der Waals surface area contributed by atoms with E-state index in [2.05, 4.69) is 10.3 Å². The van der Waals surface area contributed by atoms with Crippen molar-refractivity contribution in [2.24, 2.45) is 5.92 Å². The van der Waals surface area contributed by atoms with Gasteiger partial charge in [-0.1, -0.05) is 0 Å². The molecule has 0 saturated carbocycles. The van der Waals surface area contributed by atoms with Crippen LogP contribution < -0.4 is 5.32 Å². The number of nitriles is 1. The predicted molar refractivity (Wildman–Crippen MR) is 61.2 cm³/mol. The third-order valence-corrected chi connectivity index (χ3v) is 4.19. The Morgan fingerprint density at radius 1 is 1.69 bits per heavy atom. The lowest BCUT2D eigenvalue weighted by Crippen LogP contribution is -2.16. The number of nitrogens with zero attached hydrogens (tertiary/aromatic N) is 2. The van der Waals surface area contributed by atoms with Crippen molar-refractivity contribution < 1.29 is 4.21 Å². The summed E-state index contributed by atoms with van der Waals surface area (Å²) in [5.74, 6) is 1.04. The summed E-state index contributed by atoms with van der Waals surface area (Å²) in [7, 11) is -1.16. The Kier molecular flexibility index (Phi) is 3.65. The van der Waals surface area contributed by atoms with Crippen LogP contribution in [0.25, 0.3) is 0 Å². The van der Waals surface area contributed by atoms with Gasteiger partial charge >= 0.3 is 0 Å². The summed E-state index contributed by atoms with van der Waals surface area (Å²) >= 11 is 0. The average molecular weight is 235 g/mol. The molecule has 0 aliphatic carbocycles. The van der Waals surface area contributed by atoms with Crippen molar-refractivity contribution in [2.75, 3.05) is 18.8 Å². The van der Waals surface area contributed by atoms with E-state index in [1.165, 1.54) is 0 Å². The van der Waals surface area contributed by atoms with Crippen LogP contribution in [0, 0.1) is 17.2 Å². The number of nitrogens with one attached hydrogen (secondary N) is 1. The lowest BCUT2D eigenvalue weighted by molar-refractivity contribution is 0.630. The molecule has 1 aromatic rings. The summed E-state index contributed by atoms with van der Waals surface area (Å²) in [6.45, 7) is 1.91. The molecule has 0 bridgehead atoms. The van der Waals surface area contributed by atoms with Crippen molar-refractivity contribution in [3.05, 3.63) is 23.9 Å². The Labute approximate surface area is 97.2 Å². The van der Waals surface area contributed by atoms with Gasteiger partial charge in [0.15, 0.2) is 0 Å². The van der Waals surface area contributed by atoms with Gasteiger partial charge in [0.2, 0.25) is 0 Å². The molecule has 0 unspecified atom stereocenters. The Hall–Kier alpha value is -1.25. The van der Waals surface area contributed by atoms with Crippen LogP contribution in [0.2, 0.25) is 0 Å². The second-order valence-corrected chi connectivity index (χ2v) is 5.25. The van der Waals surface area contributed by atoms with Crippen molar-refractivity contribution >= 4 is 10.8 Å². The number of pyridine rings is 1. The highest BCUT2D eigenvalue weighted by molar-refractivity contribution is 7.85. The van der Waals surface area contributed by atoms with E-state index in [1.807, 2.05) is 6.07 Å². The molecule has 84 valence electrons. The fourth-order valence-electron chi connectivity index (χ4n) is 1.81. The maximum absolute atomic E-state index is 12.1. The van der Waals surface area contributed by atoms with E-state index in [1.54, 1.807) is 18.3 Å². The fraction of sp³-hybridized carbons (Fsp3) is 0.455. The molecule has 0 radical (unpaired) electrons. The van der Waals surface area contributed by atoms with E-state index < -0.39 is 10.8 Å². The first-order valence-corrected chi connectivity index (χ1v) is 6.57. The summed E-state index contributed by atoms with van der Waals surface area (Å²) in [4.78, 5) is 4.05. The molecule has 1 aromatic heterocycles. The van der Waals surface area contributed by atoms with Gasteiger partial charge in [0.1, 0.15) is 11.1 Å². The third-order valence-electron chi connectivity index (χ3n) is 2.66. The molecule has 4 nitrogen and oxygen atoms in total. The van der Waals surface area contributed by atoms with Crippen molar-refractivity contribution in [1.82, 2.24) is 10.3 Å². The van der Waals surface area contributed by atoms with Crippen LogP contribution in [0.5, 0.6) is 0 Å². The first-order valence-electron chi connectivity index (χ1n) is 5.25. The van der Waals surface area contributed by atoms with E-state index in [0.29, 0.717) is 22.3 Å². The van der Waals surface area contributed by atoms with E-state index in [0.717, 1.165) is 19.5 Å². The monoisotopic (exact) mass is 235 g/mol. The van der Waals surface area contributed by atoms with E-state index in [9.17, 15) is 4.21 Å². The van der Waals surface area contributed by atoms with Gasteiger partial charge in [0.25, 0.3) is 0 Å². The number of hydrogen-bond donors (Lipinski definition) is 1. The average Bonchev–Trinajstić information content (AvgIpc) is 2.81. The molecule has 2 heterocycles. The maximum atomic E-state index is 12.1. The second kappa shape index (κ2) is 5.19. The van der Waals surface area contributed by atoms with Crippen LogP contribution in [-0.4, -0.2) is 28.0 Å². The van der Waals surface area contributed by atoms with Crippen molar-refractivity contribution in [3.63, 3.8) is 0 Å². The molecular formula is C11H13N3OS. The van der Waals surface area contributed by atoms with Crippen LogP contribution in [0.4, 0.5) is 0 Å². The Balaban J connectivity index is 2.11. The molecule has 16 heavy (non-hydrogen) atoms. The third kappa shape index (κ3) is 2.46. The topological polar surface area (TPSA) is 65.8 Å². The van der Waals surface area contributed by atoms with Crippen LogP contribution >= 0.6 is 0 Å². The Morgan fingerprint density at radius 2 is 2.56 bits per heavy atom. The van der Waals surface area contributed by atoms with Gasteiger partial charge in [-0.25, -0.2) is 4.98 Å². The van der Waals surface area contributed by atoms with Crippen LogP contribution in [0.15, 0.2) is 23.4 Å². The Bertz CT molecular complexity index is 435. The molecule has 1 N–H and O–H groups in total. The van der Waals surface area contributed by atoms with E-state index in [-0.39, 0.29) is 0 Å². The smallest absolute Gasteiger partial charge is 0.144 e. The second-order valence-electron chi connectivity index (χ2n) is 3.84. The zero-order valence-electron chi connectivity index (χ0n) is 8.85. The highest BCUT2D eigenvalue weighted by atomic mass is 32.2. The van der Waals surface area contributed by atoms with Gasteiger partial charge in [0, 0.05) is 11.9 Å². The quantitative estimate of drug-likeness (QED) is 0.836. The highest BCUT2D eigenvalue weighted by Crippen LogP contribution is 2.15. The first kappa shape index (κ1) is 11.2. The van der Waals surface area contributed by atoms with Gasteiger partial charge in [-0.3, -0.25) is 4.21 Å². The molecule has 0 amide bonds. The predicted octanol–water partition coefficient (Wildman–Crippen LogP) is 0.670. The normalized spacial score (nSPS) is 21.6. The molecule has 0 aromatic carbocycles. The molecule has 1 aliphatic heterocycles. The van der Waals surface area contributed by atoms with Gasteiger partial charge < -0.3 is 5.32 Å². The number of rotatable bonds is 3. The SMILES string of the molecule is N#Cc1cccnc1[S@@](=O)C[C@@H]1CCNC1. The molecule has 5 heteroatoms. The minimum absolute atomic E-state index is 0.423. The lowest BCUT2D eigenvalue weighted by Gasteiger charge is -2.07. The standard InChI is InChI=1S/C11H13N3OS/c12-6-10-2-1-4-14-11(10)16(15)8-9-3-5-13-7-9/h1-2,4,9,13H,3,5,7-8H2/t9-,16+/m1/s1. The largest absolute Gasteiger partial charge is 0.316 e. The highest BCUT2D eigenvalue weighted by Gasteiger charge is 2.20. The van der Waals surface area contributed by atoms with Gasteiger partial charge in [0.05, 0.1) is 16.4 Å². The summed E-state index contributed by atoms with van der Waals surface area (Å²) in [5, 5.41) is 12.6. The molecule has 1 fully saturated rings. The van der Waals surface area contributed by atoms with Gasteiger partial charge in [-0.2, -0.15) is 5.26 Å². The Morgan fingerprint density at radius 3 is 3.25 bits per heavy atom. The van der Waals surface area contributed by atoms with Gasteiger partial charge in [-0.05, 0) is 37.6 Å². The fourth-order valence-corrected chi connectivity index (χ4v) is 3.21. The number of aromatic nitrogens is 1. The van der Waals surface area contributed by atoms with Crippen LogP contribution in [-0.2, 0) is 10.8 Å². The van der Waals surface area contributed by atoms with Crippen molar-refractivity contribution in [3.8, 4) is 6.07 Å². The molecule has 1 aliphatic rings. The minimum Gasteiger partial charge on any atom is -0.316 e. The zero-order valence-corrected chi connectivity index (χ0v) is 9.67. The lowest BCUT2D eigenvalue weighted by atomic mass is 10.2. The molecule has 1 saturated heterocycles. The van der Waals surface area contributed by atoms with Crippen molar-refractivity contribution in [1.29, 1.82) is 5.26 Å². The molecule has 2 atom stereocenters.